The molecule has 3 aliphatic heterocycles. The van der Waals surface area contributed by atoms with E-state index >= 15 is 0 Å². The third-order valence-corrected chi connectivity index (χ3v) is 6.87. The molecule has 1 saturated carbocycles. The standard InChI is InChI=1S/C21H29N3O2/c25-20-18(9-16-3-1-2-4-19(16)22-20)21(26)24-12-15-7-8-17(13-24)23(11-15)10-14-5-6-14/h9,14-15,17H,1-8,10-13H2,(H,22,25)/t15-,17-/m1/s1. The normalized spacial score (nSPS) is 28.7. The minimum atomic E-state index is -0.193. The van der Waals surface area contributed by atoms with Crippen LogP contribution in [0.4, 0.5) is 0 Å². The molecule has 3 saturated heterocycles. The summed E-state index contributed by atoms with van der Waals surface area (Å²) in [5.41, 5.74) is 2.39. The van der Waals surface area contributed by atoms with Gasteiger partial charge in [0.15, 0.2) is 0 Å². The van der Waals surface area contributed by atoms with Crippen LogP contribution in [0.5, 0.6) is 0 Å². The van der Waals surface area contributed by atoms with Crippen molar-refractivity contribution in [1.29, 1.82) is 0 Å². The van der Waals surface area contributed by atoms with E-state index in [0.717, 1.165) is 56.9 Å². The number of aromatic amines is 1. The highest BCUT2D eigenvalue weighted by molar-refractivity contribution is 5.94. The molecule has 5 nitrogen and oxygen atoms in total. The van der Waals surface area contributed by atoms with Crippen molar-refractivity contribution in [2.75, 3.05) is 26.2 Å². The predicted molar refractivity (Wildman–Crippen MR) is 100 cm³/mol. The molecular formula is C21H29N3O2. The summed E-state index contributed by atoms with van der Waals surface area (Å²) in [6.45, 7) is 3.94. The molecule has 0 unspecified atom stereocenters. The zero-order chi connectivity index (χ0) is 17.7. The topological polar surface area (TPSA) is 56.4 Å². The molecule has 5 heteroatoms. The molecule has 140 valence electrons. The number of aryl methyl sites for hydroxylation is 2. The van der Waals surface area contributed by atoms with Gasteiger partial charge in [-0.15, -0.1) is 0 Å². The van der Waals surface area contributed by atoms with E-state index in [1.54, 1.807) is 0 Å². The Morgan fingerprint density at radius 1 is 1.08 bits per heavy atom. The predicted octanol–water partition coefficient (Wildman–Crippen LogP) is 2.20. The lowest BCUT2D eigenvalue weighted by atomic mass is 9.94. The largest absolute Gasteiger partial charge is 0.337 e. The molecule has 4 heterocycles. The van der Waals surface area contributed by atoms with E-state index in [1.165, 1.54) is 37.8 Å². The van der Waals surface area contributed by atoms with Crippen molar-refractivity contribution in [3.8, 4) is 0 Å². The maximum Gasteiger partial charge on any atom is 0.261 e. The van der Waals surface area contributed by atoms with Crippen LogP contribution in [0.3, 0.4) is 0 Å². The van der Waals surface area contributed by atoms with E-state index in [4.69, 9.17) is 0 Å². The maximum atomic E-state index is 13.2. The highest BCUT2D eigenvalue weighted by atomic mass is 16.2. The van der Waals surface area contributed by atoms with Crippen molar-refractivity contribution in [2.45, 2.75) is 57.4 Å². The minimum Gasteiger partial charge on any atom is -0.337 e. The third kappa shape index (κ3) is 3.11. The number of carbonyl (C=O) groups is 1. The van der Waals surface area contributed by atoms with Gasteiger partial charge in [0.05, 0.1) is 0 Å². The van der Waals surface area contributed by atoms with Gasteiger partial charge in [-0.3, -0.25) is 14.5 Å². The second-order valence-electron chi connectivity index (χ2n) is 8.93. The Hall–Kier alpha value is -1.62. The number of nitrogens with one attached hydrogen (secondary N) is 1. The van der Waals surface area contributed by atoms with Crippen molar-refractivity contribution in [3.63, 3.8) is 0 Å². The molecular weight excluding hydrogens is 326 g/mol. The van der Waals surface area contributed by atoms with Gasteiger partial charge in [-0.2, -0.15) is 0 Å². The van der Waals surface area contributed by atoms with Crippen LogP contribution in [-0.4, -0.2) is 52.9 Å². The molecule has 1 aromatic heterocycles. The van der Waals surface area contributed by atoms with Gasteiger partial charge in [-0.1, -0.05) is 0 Å². The van der Waals surface area contributed by atoms with E-state index < -0.39 is 0 Å². The first-order valence-electron chi connectivity index (χ1n) is 10.5. The minimum absolute atomic E-state index is 0.0511. The van der Waals surface area contributed by atoms with Gasteiger partial charge < -0.3 is 9.88 Å². The second-order valence-corrected chi connectivity index (χ2v) is 8.93. The number of pyridine rings is 1. The first kappa shape index (κ1) is 16.5. The van der Waals surface area contributed by atoms with Gasteiger partial charge in [0.25, 0.3) is 11.5 Å². The molecule has 2 bridgehead atoms. The van der Waals surface area contributed by atoms with Gasteiger partial charge in [0.2, 0.25) is 0 Å². The van der Waals surface area contributed by atoms with Crippen LogP contribution in [-0.2, 0) is 12.8 Å². The summed E-state index contributed by atoms with van der Waals surface area (Å²) >= 11 is 0. The molecule has 1 aromatic rings. The third-order valence-electron chi connectivity index (χ3n) is 6.87. The first-order valence-corrected chi connectivity index (χ1v) is 10.5. The number of nitrogens with zero attached hydrogens (tertiary/aromatic N) is 2. The van der Waals surface area contributed by atoms with Gasteiger partial charge in [-0.25, -0.2) is 0 Å². The lowest BCUT2D eigenvalue weighted by Crippen LogP contribution is -2.45. The Morgan fingerprint density at radius 2 is 1.92 bits per heavy atom. The van der Waals surface area contributed by atoms with Crippen molar-refractivity contribution in [1.82, 2.24) is 14.8 Å². The lowest BCUT2D eigenvalue weighted by Gasteiger charge is -2.36. The number of hydrogen-bond donors (Lipinski definition) is 1. The van der Waals surface area contributed by atoms with Crippen LogP contribution in [0.2, 0.25) is 0 Å². The number of amides is 1. The summed E-state index contributed by atoms with van der Waals surface area (Å²) in [4.78, 5) is 33.4. The number of hydrogen-bond acceptors (Lipinski definition) is 3. The average Bonchev–Trinajstić information content (AvgIpc) is 3.48. The molecule has 0 aromatic carbocycles. The van der Waals surface area contributed by atoms with Crippen molar-refractivity contribution < 1.29 is 4.79 Å². The van der Waals surface area contributed by atoms with E-state index in [-0.39, 0.29) is 11.5 Å². The van der Waals surface area contributed by atoms with Gasteiger partial charge in [0, 0.05) is 37.9 Å². The Labute approximate surface area is 154 Å². The van der Waals surface area contributed by atoms with Crippen molar-refractivity contribution in [2.24, 2.45) is 11.8 Å². The number of carbonyl (C=O) groups excluding carboxylic acids is 1. The quantitative estimate of drug-likeness (QED) is 0.904. The zero-order valence-corrected chi connectivity index (χ0v) is 15.5. The summed E-state index contributed by atoms with van der Waals surface area (Å²) in [5.74, 6) is 1.40. The van der Waals surface area contributed by atoms with Crippen LogP contribution in [0.25, 0.3) is 0 Å². The number of aromatic nitrogens is 1. The van der Waals surface area contributed by atoms with E-state index in [0.29, 0.717) is 17.5 Å². The maximum absolute atomic E-state index is 13.2. The van der Waals surface area contributed by atoms with Crippen molar-refractivity contribution in [3.05, 3.63) is 33.2 Å². The highest BCUT2D eigenvalue weighted by Crippen LogP contribution is 2.35. The molecule has 2 aliphatic carbocycles. The lowest BCUT2D eigenvalue weighted by molar-refractivity contribution is 0.0734. The first-order chi connectivity index (χ1) is 12.7. The molecule has 1 N–H and O–H groups in total. The molecule has 4 fully saturated rings. The summed E-state index contributed by atoms with van der Waals surface area (Å²) in [6.07, 6.45) is 9.36. The summed E-state index contributed by atoms with van der Waals surface area (Å²) in [7, 11) is 0. The van der Waals surface area contributed by atoms with Crippen LogP contribution in [0.15, 0.2) is 10.9 Å². The van der Waals surface area contributed by atoms with E-state index in [9.17, 15) is 9.59 Å². The molecule has 2 atom stereocenters. The Kier molecular flexibility index (Phi) is 4.15. The van der Waals surface area contributed by atoms with Gasteiger partial charge in [0.1, 0.15) is 5.56 Å². The Bertz CT molecular complexity index is 767. The van der Waals surface area contributed by atoms with Crippen LogP contribution < -0.4 is 5.56 Å². The molecule has 1 amide bonds. The fraction of sp³-hybridized carbons (Fsp3) is 0.714. The molecule has 6 rings (SSSR count). The Balaban J connectivity index is 1.38. The summed E-state index contributed by atoms with van der Waals surface area (Å²) in [5, 5.41) is 0. The van der Waals surface area contributed by atoms with E-state index in [2.05, 4.69) is 9.88 Å². The number of H-pyrrole nitrogens is 1. The van der Waals surface area contributed by atoms with Gasteiger partial charge in [-0.05, 0) is 74.8 Å². The van der Waals surface area contributed by atoms with E-state index in [1.807, 2.05) is 11.0 Å². The Morgan fingerprint density at radius 3 is 2.77 bits per heavy atom. The molecule has 26 heavy (non-hydrogen) atoms. The van der Waals surface area contributed by atoms with Crippen LogP contribution in [0.1, 0.15) is 60.1 Å². The average molecular weight is 355 g/mol. The van der Waals surface area contributed by atoms with Crippen LogP contribution >= 0.6 is 0 Å². The molecule has 0 radical (unpaired) electrons. The monoisotopic (exact) mass is 355 g/mol. The zero-order valence-electron chi connectivity index (χ0n) is 15.5. The summed E-state index contributed by atoms with van der Waals surface area (Å²) < 4.78 is 0. The second kappa shape index (κ2) is 6.52. The smallest absolute Gasteiger partial charge is 0.261 e. The highest BCUT2D eigenvalue weighted by Gasteiger charge is 2.39. The van der Waals surface area contributed by atoms with Gasteiger partial charge >= 0.3 is 0 Å². The number of fused-ring (bicyclic) bond motifs is 5. The number of rotatable bonds is 3. The molecule has 5 aliphatic rings. The SMILES string of the molecule is O=C(c1cc2c([nH]c1=O)CCCC2)N1C[C@@H]2CC[C@H](C1)N(CC1CC1)C2. The fourth-order valence-corrected chi connectivity index (χ4v) is 5.20. The van der Waals surface area contributed by atoms with Crippen LogP contribution in [0, 0.1) is 11.8 Å². The molecule has 0 spiro atoms. The fourth-order valence-electron chi connectivity index (χ4n) is 5.20. The van der Waals surface area contributed by atoms with Crippen molar-refractivity contribution >= 4 is 5.91 Å². The number of piperidine rings is 1. The summed E-state index contributed by atoms with van der Waals surface area (Å²) in [6, 6.07) is 2.37.